The Labute approximate surface area is 152 Å². The molecule has 3 rings (SSSR count). The minimum Gasteiger partial charge on any atom is -0.242 e. The van der Waals surface area contributed by atoms with Crippen LogP contribution >= 0.6 is 23.2 Å². The first-order valence-corrected chi connectivity index (χ1v) is 10.4. The summed E-state index contributed by atoms with van der Waals surface area (Å²) in [7, 11) is -3.56. The van der Waals surface area contributed by atoms with E-state index in [4.69, 9.17) is 23.2 Å². The Hall–Kier alpha value is -0.880. The lowest BCUT2D eigenvalue weighted by atomic mass is 10.1. The molecule has 0 N–H and O–H groups in total. The molecule has 0 bridgehead atoms. The van der Waals surface area contributed by atoms with Gasteiger partial charge < -0.3 is 0 Å². The molecule has 24 heavy (non-hydrogen) atoms. The molecular weight excluding hydrogens is 367 g/mol. The van der Waals surface area contributed by atoms with Gasteiger partial charge in [0.05, 0.1) is 9.92 Å². The van der Waals surface area contributed by atoms with Crippen LogP contribution < -0.4 is 0 Å². The largest absolute Gasteiger partial charge is 0.243 e. The van der Waals surface area contributed by atoms with Crippen LogP contribution in [0.2, 0.25) is 10.2 Å². The molecule has 7 heteroatoms. The van der Waals surface area contributed by atoms with Gasteiger partial charge in [0, 0.05) is 30.1 Å². The molecular formula is C17H20Cl2N2O2S. The van der Waals surface area contributed by atoms with Crippen LogP contribution in [0.5, 0.6) is 0 Å². The van der Waals surface area contributed by atoms with Crippen LogP contribution in [0.1, 0.15) is 32.6 Å². The first kappa shape index (κ1) is 17.9. The van der Waals surface area contributed by atoms with Gasteiger partial charge in [0.15, 0.2) is 0 Å². The van der Waals surface area contributed by atoms with E-state index in [0.717, 1.165) is 12.8 Å². The van der Waals surface area contributed by atoms with Crippen molar-refractivity contribution in [3.05, 3.63) is 34.6 Å². The van der Waals surface area contributed by atoms with Crippen molar-refractivity contribution < 1.29 is 8.42 Å². The van der Waals surface area contributed by atoms with Crippen molar-refractivity contribution in [1.82, 2.24) is 9.29 Å². The number of pyridine rings is 1. The number of hydrogen-bond acceptors (Lipinski definition) is 3. The van der Waals surface area contributed by atoms with E-state index in [1.165, 1.54) is 19.0 Å². The topological polar surface area (TPSA) is 50.3 Å². The van der Waals surface area contributed by atoms with Crippen molar-refractivity contribution in [1.29, 1.82) is 0 Å². The zero-order chi connectivity index (χ0) is 17.3. The van der Waals surface area contributed by atoms with Crippen LogP contribution in [-0.4, -0.2) is 30.8 Å². The van der Waals surface area contributed by atoms with E-state index in [-0.39, 0.29) is 10.0 Å². The average Bonchev–Trinajstić information content (AvgIpc) is 3.09. The Morgan fingerprint density at radius 1 is 1.21 bits per heavy atom. The molecule has 0 unspecified atom stereocenters. The highest BCUT2D eigenvalue weighted by molar-refractivity contribution is 7.89. The number of halogens is 2. The molecule has 1 aromatic carbocycles. The number of hydrogen-bond donors (Lipinski definition) is 0. The summed E-state index contributed by atoms with van der Waals surface area (Å²) in [5.74, 6) is 0.458. The van der Waals surface area contributed by atoms with Crippen molar-refractivity contribution in [3.8, 4) is 0 Å². The molecule has 1 fully saturated rings. The number of rotatable bonds is 5. The van der Waals surface area contributed by atoms with E-state index >= 15 is 0 Å². The summed E-state index contributed by atoms with van der Waals surface area (Å²) < 4.78 is 27.6. The molecule has 0 radical (unpaired) electrons. The third kappa shape index (κ3) is 3.40. The van der Waals surface area contributed by atoms with Gasteiger partial charge in [-0.15, -0.1) is 0 Å². The van der Waals surface area contributed by atoms with Gasteiger partial charge in [-0.3, -0.25) is 0 Å². The van der Waals surface area contributed by atoms with Crippen molar-refractivity contribution in [2.75, 3.05) is 13.1 Å². The lowest BCUT2D eigenvalue weighted by Gasteiger charge is -2.24. The van der Waals surface area contributed by atoms with Gasteiger partial charge in [-0.25, -0.2) is 13.4 Å². The fourth-order valence-corrected chi connectivity index (χ4v) is 5.31. The number of fused-ring (bicyclic) bond motifs is 1. The summed E-state index contributed by atoms with van der Waals surface area (Å²) in [4.78, 5) is 4.24. The Morgan fingerprint density at radius 3 is 2.58 bits per heavy atom. The number of sulfonamides is 1. The predicted molar refractivity (Wildman–Crippen MR) is 98.2 cm³/mol. The van der Waals surface area contributed by atoms with Gasteiger partial charge in [-0.1, -0.05) is 49.0 Å². The molecule has 0 aliphatic heterocycles. The average molecular weight is 387 g/mol. The Bertz CT molecular complexity index is 849. The van der Waals surface area contributed by atoms with Crippen LogP contribution in [0.25, 0.3) is 10.8 Å². The zero-order valence-electron chi connectivity index (χ0n) is 13.5. The smallest absolute Gasteiger partial charge is 0.242 e. The van der Waals surface area contributed by atoms with Crippen LogP contribution in [-0.2, 0) is 10.0 Å². The first-order valence-electron chi connectivity index (χ1n) is 8.17. The molecule has 1 heterocycles. The van der Waals surface area contributed by atoms with Crippen molar-refractivity contribution >= 4 is 44.0 Å². The molecule has 0 atom stereocenters. The Morgan fingerprint density at radius 2 is 1.92 bits per heavy atom. The number of benzene rings is 1. The molecule has 0 spiro atoms. The standard InChI is InChI=1S/C17H20Cl2N2O2S/c1-2-21(11-12-5-3-4-6-12)24(22,23)13-7-8-14-15(9-13)17(19)20-10-16(14)18/h7-10,12H,2-6,11H2,1H3. The molecule has 2 aromatic rings. The lowest BCUT2D eigenvalue weighted by Crippen LogP contribution is -2.34. The van der Waals surface area contributed by atoms with Gasteiger partial charge in [0.25, 0.3) is 0 Å². The van der Waals surface area contributed by atoms with Gasteiger partial charge in [0.2, 0.25) is 10.0 Å². The maximum atomic E-state index is 13.0. The second kappa shape index (κ2) is 7.16. The zero-order valence-corrected chi connectivity index (χ0v) is 15.8. The third-order valence-corrected chi connectivity index (χ3v) is 7.23. The van der Waals surface area contributed by atoms with E-state index in [0.29, 0.717) is 34.8 Å². The molecule has 0 amide bonds. The maximum absolute atomic E-state index is 13.0. The highest BCUT2D eigenvalue weighted by Crippen LogP contribution is 2.32. The van der Waals surface area contributed by atoms with Crippen LogP contribution in [0.3, 0.4) is 0 Å². The molecule has 130 valence electrons. The highest BCUT2D eigenvalue weighted by atomic mass is 35.5. The summed E-state index contributed by atoms with van der Waals surface area (Å²) in [6.45, 7) is 2.91. The lowest BCUT2D eigenvalue weighted by molar-refractivity contribution is 0.356. The predicted octanol–water partition coefficient (Wildman–Crippen LogP) is 4.74. The molecule has 1 saturated carbocycles. The summed E-state index contributed by atoms with van der Waals surface area (Å²) >= 11 is 12.2. The highest BCUT2D eigenvalue weighted by Gasteiger charge is 2.27. The van der Waals surface area contributed by atoms with Gasteiger partial charge in [-0.05, 0) is 30.9 Å². The van der Waals surface area contributed by atoms with E-state index < -0.39 is 10.0 Å². The number of nitrogens with zero attached hydrogens (tertiary/aromatic N) is 2. The normalized spacial score (nSPS) is 16.3. The summed E-state index contributed by atoms with van der Waals surface area (Å²) in [6.07, 6.45) is 6.07. The van der Waals surface area contributed by atoms with Crippen molar-refractivity contribution in [2.45, 2.75) is 37.5 Å². The van der Waals surface area contributed by atoms with E-state index in [2.05, 4.69) is 4.98 Å². The first-order chi connectivity index (χ1) is 11.4. The third-order valence-electron chi connectivity index (χ3n) is 4.69. The monoisotopic (exact) mass is 386 g/mol. The second-order valence-corrected chi connectivity index (χ2v) is 8.91. The molecule has 1 aliphatic carbocycles. The van der Waals surface area contributed by atoms with Crippen molar-refractivity contribution in [3.63, 3.8) is 0 Å². The molecule has 1 aliphatic rings. The van der Waals surface area contributed by atoms with E-state index in [1.807, 2.05) is 6.92 Å². The second-order valence-electron chi connectivity index (χ2n) is 6.21. The summed E-state index contributed by atoms with van der Waals surface area (Å²) in [6, 6.07) is 4.86. The molecule has 1 aromatic heterocycles. The Kier molecular flexibility index (Phi) is 5.35. The molecule has 0 saturated heterocycles. The summed E-state index contributed by atoms with van der Waals surface area (Å²) in [5.41, 5.74) is 0. The Balaban J connectivity index is 1.98. The molecule has 4 nitrogen and oxygen atoms in total. The minimum atomic E-state index is -3.56. The van der Waals surface area contributed by atoms with E-state index in [1.54, 1.807) is 22.5 Å². The van der Waals surface area contributed by atoms with Crippen molar-refractivity contribution in [2.24, 2.45) is 5.92 Å². The maximum Gasteiger partial charge on any atom is 0.243 e. The SMILES string of the molecule is CCN(CC1CCCC1)S(=O)(=O)c1ccc2c(Cl)cnc(Cl)c2c1. The van der Waals surface area contributed by atoms with E-state index in [9.17, 15) is 8.42 Å². The van der Waals surface area contributed by atoms with Crippen LogP contribution in [0, 0.1) is 5.92 Å². The fraction of sp³-hybridized carbons (Fsp3) is 0.471. The van der Waals surface area contributed by atoms with Gasteiger partial charge in [-0.2, -0.15) is 4.31 Å². The summed E-state index contributed by atoms with van der Waals surface area (Å²) in [5, 5.41) is 1.97. The van der Waals surface area contributed by atoms with Crippen LogP contribution in [0.4, 0.5) is 0 Å². The van der Waals surface area contributed by atoms with Crippen LogP contribution in [0.15, 0.2) is 29.3 Å². The fourth-order valence-electron chi connectivity index (χ4n) is 3.34. The quantitative estimate of drug-likeness (QED) is 0.696. The van der Waals surface area contributed by atoms with Gasteiger partial charge in [0.1, 0.15) is 5.15 Å². The van der Waals surface area contributed by atoms with Gasteiger partial charge >= 0.3 is 0 Å². The number of aromatic nitrogens is 1. The minimum absolute atomic E-state index is 0.237.